The first-order chi connectivity index (χ1) is 11.1. The molecule has 0 aliphatic rings. The molecule has 1 amide bonds. The standard InChI is InChI=1S/C16H16FNO4S/c1-11(16(20)18-9-12-5-4-8-21-12)22-15(19)10-23-14-7-3-2-6-13(14)17/h2-8,11H,9-10H2,1H3,(H,18,20)/t11-/m0/s1. The fraction of sp³-hybridized carbons (Fsp3) is 0.250. The summed E-state index contributed by atoms with van der Waals surface area (Å²) in [5.41, 5.74) is 0. The molecule has 0 saturated heterocycles. The first-order valence-electron chi connectivity index (χ1n) is 6.93. The molecule has 1 aromatic heterocycles. The lowest BCUT2D eigenvalue weighted by atomic mass is 10.3. The maximum absolute atomic E-state index is 13.4. The van der Waals surface area contributed by atoms with Crippen LogP contribution in [0, 0.1) is 5.82 Å². The van der Waals surface area contributed by atoms with Gasteiger partial charge in [0.05, 0.1) is 18.6 Å². The molecule has 0 fully saturated rings. The molecule has 0 unspecified atom stereocenters. The first-order valence-corrected chi connectivity index (χ1v) is 7.91. The van der Waals surface area contributed by atoms with Crippen molar-refractivity contribution < 1.29 is 23.1 Å². The lowest BCUT2D eigenvalue weighted by molar-refractivity contribution is -0.152. The van der Waals surface area contributed by atoms with Gasteiger partial charge in [-0.05, 0) is 31.2 Å². The van der Waals surface area contributed by atoms with Crippen molar-refractivity contribution in [3.8, 4) is 0 Å². The van der Waals surface area contributed by atoms with E-state index in [1.807, 2.05) is 0 Å². The van der Waals surface area contributed by atoms with Crippen molar-refractivity contribution in [3.63, 3.8) is 0 Å². The molecule has 5 nitrogen and oxygen atoms in total. The van der Waals surface area contributed by atoms with E-state index in [4.69, 9.17) is 9.15 Å². The molecule has 2 rings (SSSR count). The van der Waals surface area contributed by atoms with Crippen molar-refractivity contribution in [1.29, 1.82) is 0 Å². The number of halogens is 1. The van der Waals surface area contributed by atoms with E-state index in [-0.39, 0.29) is 12.3 Å². The van der Waals surface area contributed by atoms with Gasteiger partial charge in [-0.2, -0.15) is 0 Å². The molecule has 0 saturated carbocycles. The topological polar surface area (TPSA) is 68.5 Å². The number of carbonyl (C=O) groups excluding carboxylic acids is 2. The maximum Gasteiger partial charge on any atom is 0.317 e. The molecule has 2 aromatic rings. The summed E-state index contributed by atoms with van der Waals surface area (Å²) in [6.45, 7) is 1.70. The summed E-state index contributed by atoms with van der Waals surface area (Å²) >= 11 is 1.02. The van der Waals surface area contributed by atoms with Crippen molar-refractivity contribution in [1.82, 2.24) is 5.32 Å². The van der Waals surface area contributed by atoms with Crippen LogP contribution in [0.5, 0.6) is 0 Å². The zero-order valence-electron chi connectivity index (χ0n) is 12.5. The third-order valence-electron chi connectivity index (χ3n) is 2.88. The van der Waals surface area contributed by atoms with Crippen LogP contribution < -0.4 is 5.32 Å². The van der Waals surface area contributed by atoms with Crippen LogP contribution in [0.2, 0.25) is 0 Å². The molecule has 7 heteroatoms. The molecule has 1 heterocycles. The minimum Gasteiger partial charge on any atom is -0.467 e. The van der Waals surface area contributed by atoms with Crippen molar-refractivity contribution in [2.24, 2.45) is 0 Å². The van der Waals surface area contributed by atoms with Crippen molar-refractivity contribution in [3.05, 3.63) is 54.2 Å². The van der Waals surface area contributed by atoms with Gasteiger partial charge in [0.25, 0.3) is 5.91 Å². The van der Waals surface area contributed by atoms with E-state index in [2.05, 4.69) is 5.32 Å². The predicted octanol–water partition coefficient (Wildman–Crippen LogP) is 2.76. The SMILES string of the molecule is C[C@H](OC(=O)CSc1ccccc1F)C(=O)NCc1ccco1. The van der Waals surface area contributed by atoms with Crippen LogP contribution >= 0.6 is 11.8 Å². The van der Waals surface area contributed by atoms with Gasteiger partial charge in [-0.3, -0.25) is 9.59 Å². The number of carbonyl (C=O) groups is 2. The highest BCUT2D eigenvalue weighted by Crippen LogP contribution is 2.21. The van der Waals surface area contributed by atoms with Gasteiger partial charge in [0.15, 0.2) is 6.10 Å². The van der Waals surface area contributed by atoms with Crippen LogP contribution in [0.3, 0.4) is 0 Å². The molecule has 1 N–H and O–H groups in total. The van der Waals surface area contributed by atoms with Crippen LogP contribution in [0.15, 0.2) is 52.0 Å². The molecular formula is C16H16FNO4S. The summed E-state index contributed by atoms with van der Waals surface area (Å²) in [5, 5.41) is 2.60. The van der Waals surface area contributed by atoms with Crippen molar-refractivity contribution in [2.75, 3.05) is 5.75 Å². The molecule has 0 aliphatic carbocycles. The second kappa shape index (κ2) is 8.38. The number of furan rings is 1. The van der Waals surface area contributed by atoms with E-state index >= 15 is 0 Å². The van der Waals surface area contributed by atoms with E-state index < -0.39 is 23.8 Å². The number of amides is 1. The summed E-state index contributed by atoms with van der Waals surface area (Å²) in [6, 6.07) is 9.59. The molecule has 122 valence electrons. The summed E-state index contributed by atoms with van der Waals surface area (Å²) in [4.78, 5) is 23.9. The Balaban J connectivity index is 1.73. The Bertz CT molecular complexity index is 660. The van der Waals surface area contributed by atoms with Crippen molar-refractivity contribution in [2.45, 2.75) is 24.5 Å². The zero-order chi connectivity index (χ0) is 16.7. The van der Waals surface area contributed by atoms with Crippen LogP contribution in [-0.2, 0) is 20.9 Å². The molecule has 0 aliphatic heterocycles. The number of nitrogens with one attached hydrogen (secondary N) is 1. The number of benzene rings is 1. The lowest BCUT2D eigenvalue weighted by Crippen LogP contribution is -2.35. The van der Waals surface area contributed by atoms with Gasteiger partial charge >= 0.3 is 5.97 Å². The number of hydrogen-bond donors (Lipinski definition) is 1. The van der Waals surface area contributed by atoms with Crippen molar-refractivity contribution >= 4 is 23.6 Å². The monoisotopic (exact) mass is 337 g/mol. The smallest absolute Gasteiger partial charge is 0.317 e. The average molecular weight is 337 g/mol. The van der Waals surface area contributed by atoms with Gasteiger partial charge in [0.1, 0.15) is 11.6 Å². The number of rotatable bonds is 7. The van der Waals surface area contributed by atoms with E-state index in [1.54, 1.807) is 30.3 Å². The van der Waals surface area contributed by atoms with Gasteiger partial charge in [-0.1, -0.05) is 12.1 Å². The summed E-state index contributed by atoms with van der Waals surface area (Å²) in [6.07, 6.45) is 0.573. The molecule has 0 bridgehead atoms. The predicted molar refractivity (Wildman–Crippen MR) is 83.2 cm³/mol. The minimum absolute atomic E-state index is 0.0727. The second-order valence-corrected chi connectivity index (χ2v) is 5.67. The fourth-order valence-electron chi connectivity index (χ4n) is 1.71. The molecule has 1 atom stereocenters. The Morgan fingerprint density at radius 2 is 2.09 bits per heavy atom. The largest absolute Gasteiger partial charge is 0.467 e. The van der Waals surface area contributed by atoms with Gasteiger partial charge in [0.2, 0.25) is 0 Å². The zero-order valence-corrected chi connectivity index (χ0v) is 13.3. The van der Waals surface area contributed by atoms with Crippen LogP contribution in [0.1, 0.15) is 12.7 Å². The van der Waals surface area contributed by atoms with Gasteiger partial charge in [0, 0.05) is 4.90 Å². The molecule has 1 aromatic carbocycles. The number of hydrogen-bond acceptors (Lipinski definition) is 5. The highest BCUT2D eigenvalue weighted by atomic mass is 32.2. The van der Waals surface area contributed by atoms with Gasteiger partial charge < -0.3 is 14.5 Å². The maximum atomic E-state index is 13.4. The summed E-state index contributed by atoms with van der Waals surface area (Å²) in [7, 11) is 0. The number of esters is 1. The average Bonchev–Trinajstić information content (AvgIpc) is 3.05. The first kappa shape index (κ1) is 17.1. The summed E-state index contributed by atoms with van der Waals surface area (Å²) < 4.78 is 23.5. The normalized spacial score (nSPS) is 11.7. The van der Waals surface area contributed by atoms with Gasteiger partial charge in [-0.25, -0.2) is 4.39 Å². The van der Waals surface area contributed by atoms with E-state index in [9.17, 15) is 14.0 Å². The molecule has 0 radical (unpaired) electrons. The van der Waals surface area contributed by atoms with Crippen LogP contribution in [0.4, 0.5) is 4.39 Å². The highest BCUT2D eigenvalue weighted by Gasteiger charge is 2.18. The fourth-order valence-corrected chi connectivity index (χ4v) is 2.44. The number of ether oxygens (including phenoxy) is 1. The lowest BCUT2D eigenvalue weighted by Gasteiger charge is -2.13. The van der Waals surface area contributed by atoms with Crippen LogP contribution in [0.25, 0.3) is 0 Å². The Labute approximate surface area is 137 Å². The molecule has 0 spiro atoms. The highest BCUT2D eigenvalue weighted by molar-refractivity contribution is 8.00. The third kappa shape index (κ3) is 5.45. The Hall–Kier alpha value is -2.28. The Morgan fingerprint density at radius 3 is 2.78 bits per heavy atom. The second-order valence-electron chi connectivity index (χ2n) is 4.65. The summed E-state index contributed by atoms with van der Waals surface area (Å²) in [5.74, 6) is -0.873. The quantitative estimate of drug-likeness (QED) is 0.621. The number of thioether (sulfide) groups is 1. The Morgan fingerprint density at radius 1 is 1.30 bits per heavy atom. The third-order valence-corrected chi connectivity index (χ3v) is 3.90. The van der Waals surface area contributed by atoms with E-state index in [1.165, 1.54) is 19.3 Å². The van der Waals surface area contributed by atoms with Crippen LogP contribution in [-0.4, -0.2) is 23.7 Å². The minimum atomic E-state index is -0.932. The molecular weight excluding hydrogens is 321 g/mol. The molecule has 23 heavy (non-hydrogen) atoms. The van der Waals surface area contributed by atoms with E-state index in [0.29, 0.717) is 10.7 Å². The van der Waals surface area contributed by atoms with E-state index in [0.717, 1.165) is 11.8 Å². The Kier molecular flexibility index (Phi) is 6.22. The van der Waals surface area contributed by atoms with Gasteiger partial charge in [-0.15, -0.1) is 11.8 Å².